The van der Waals surface area contributed by atoms with E-state index < -0.39 is 11.5 Å². The number of ether oxygens (including phenoxy) is 2. The maximum absolute atomic E-state index is 10.7. The number of methoxy groups -OCH3 is 2. The molecule has 0 unspecified atom stereocenters. The third-order valence-electron chi connectivity index (χ3n) is 5.32. The van der Waals surface area contributed by atoms with Gasteiger partial charge >= 0.3 is 0 Å². The van der Waals surface area contributed by atoms with Crippen LogP contribution in [0.15, 0.2) is 93.3 Å². The van der Waals surface area contributed by atoms with Crippen LogP contribution in [0.2, 0.25) is 0 Å². The summed E-state index contributed by atoms with van der Waals surface area (Å²) in [7, 11) is 3.18. The van der Waals surface area contributed by atoms with Crippen LogP contribution >= 0.6 is 0 Å². The summed E-state index contributed by atoms with van der Waals surface area (Å²) in [6, 6.07) is 22.2. The van der Waals surface area contributed by atoms with Crippen molar-refractivity contribution in [3.8, 4) is 23.0 Å². The van der Waals surface area contributed by atoms with E-state index in [4.69, 9.17) is 9.47 Å². The van der Waals surface area contributed by atoms with Crippen LogP contribution in [0.3, 0.4) is 0 Å². The quantitative estimate of drug-likeness (QED) is 0.223. The van der Waals surface area contributed by atoms with Crippen LogP contribution < -0.4 is 9.47 Å². The Balaban J connectivity index is 1.67. The molecule has 0 radical (unpaired) electrons. The minimum Gasteiger partial charge on any atom is -0.503 e. The molecule has 8 heteroatoms. The predicted molar refractivity (Wildman–Crippen MR) is 130 cm³/mol. The van der Waals surface area contributed by atoms with E-state index >= 15 is 0 Å². The first-order valence-electron chi connectivity index (χ1n) is 10.6. The zero-order chi connectivity index (χ0) is 23.9. The number of azo groups is 2. The third-order valence-corrected chi connectivity index (χ3v) is 5.32. The molecular formula is C26H24N4O4. The van der Waals surface area contributed by atoms with E-state index in [9.17, 15) is 10.2 Å². The van der Waals surface area contributed by atoms with Gasteiger partial charge in [-0.2, -0.15) is 20.5 Å². The molecule has 0 aromatic heterocycles. The molecule has 0 aliphatic carbocycles. The monoisotopic (exact) mass is 456 g/mol. The standard InChI is InChI=1S/C26H24N4O4/c1-33-21-13-7-3-9-17(21)15-27-29-23-19-11-5-6-12-20(19)24(26(32)25(23)31)30-28-16-18-10-4-8-14-22(18)34-2/h3-14,31-32H,15-16H2,1-2H3. The zero-order valence-corrected chi connectivity index (χ0v) is 18.8. The fourth-order valence-electron chi connectivity index (χ4n) is 3.61. The highest BCUT2D eigenvalue weighted by Gasteiger charge is 2.19. The Morgan fingerprint density at radius 1 is 0.588 bits per heavy atom. The average Bonchev–Trinajstić information content (AvgIpc) is 2.88. The highest BCUT2D eigenvalue weighted by molar-refractivity contribution is 6.05. The fourth-order valence-corrected chi connectivity index (χ4v) is 3.61. The van der Waals surface area contributed by atoms with Gasteiger partial charge in [-0.25, -0.2) is 0 Å². The Kier molecular flexibility index (Phi) is 6.98. The van der Waals surface area contributed by atoms with Gasteiger partial charge in [0.15, 0.2) is 11.5 Å². The molecule has 4 aromatic carbocycles. The summed E-state index contributed by atoms with van der Waals surface area (Å²) in [6.07, 6.45) is 0. The molecule has 4 aromatic rings. The van der Waals surface area contributed by atoms with Crippen LogP contribution in [-0.2, 0) is 13.1 Å². The summed E-state index contributed by atoms with van der Waals surface area (Å²) in [5, 5.41) is 39.5. The second-order valence-electron chi connectivity index (χ2n) is 7.36. The first-order valence-corrected chi connectivity index (χ1v) is 10.6. The van der Waals surface area contributed by atoms with E-state index in [0.29, 0.717) is 22.3 Å². The number of para-hydroxylation sites is 2. The number of hydrogen-bond acceptors (Lipinski definition) is 8. The molecule has 0 saturated carbocycles. The second-order valence-corrected chi connectivity index (χ2v) is 7.36. The molecule has 172 valence electrons. The van der Waals surface area contributed by atoms with Crippen molar-refractivity contribution in [2.24, 2.45) is 20.5 Å². The maximum atomic E-state index is 10.7. The Morgan fingerprint density at radius 2 is 0.971 bits per heavy atom. The van der Waals surface area contributed by atoms with Crippen LogP contribution in [0.5, 0.6) is 23.0 Å². The number of hydrogen-bond donors (Lipinski definition) is 2. The van der Waals surface area contributed by atoms with Crippen molar-refractivity contribution in [1.82, 2.24) is 0 Å². The first kappa shape index (κ1) is 22.7. The lowest BCUT2D eigenvalue weighted by Crippen LogP contribution is -1.89. The molecule has 34 heavy (non-hydrogen) atoms. The molecule has 0 bridgehead atoms. The van der Waals surface area contributed by atoms with Crippen LogP contribution in [0.1, 0.15) is 11.1 Å². The van der Waals surface area contributed by atoms with Crippen molar-refractivity contribution >= 4 is 22.1 Å². The Bertz CT molecular complexity index is 1260. The van der Waals surface area contributed by atoms with E-state index in [1.165, 1.54) is 0 Å². The van der Waals surface area contributed by atoms with Gasteiger partial charge < -0.3 is 19.7 Å². The normalized spacial score (nSPS) is 11.5. The molecule has 0 fully saturated rings. The summed E-state index contributed by atoms with van der Waals surface area (Å²) in [5.74, 6) is 0.579. The van der Waals surface area contributed by atoms with Gasteiger partial charge in [0.05, 0.1) is 27.3 Å². The van der Waals surface area contributed by atoms with Gasteiger partial charge in [-0.3, -0.25) is 0 Å². The number of fused-ring (bicyclic) bond motifs is 1. The molecule has 2 N–H and O–H groups in total. The number of benzene rings is 4. The highest BCUT2D eigenvalue weighted by atomic mass is 16.5. The van der Waals surface area contributed by atoms with Gasteiger partial charge in [0.2, 0.25) is 0 Å². The summed E-state index contributed by atoms with van der Waals surface area (Å²) >= 11 is 0. The van der Waals surface area contributed by atoms with Crippen molar-refractivity contribution in [2.75, 3.05) is 14.2 Å². The van der Waals surface area contributed by atoms with Crippen molar-refractivity contribution in [3.05, 3.63) is 83.9 Å². The largest absolute Gasteiger partial charge is 0.503 e. The Labute approximate surface area is 196 Å². The summed E-state index contributed by atoms with van der Waals surface area (Å²) in [4.78, 5) is 0. The lowest BCUT2D eigenvalue weighted by atomic mass is 10.1. The molecule has 4 rings (SSSR count). The minimum atomic E-state index is -0.409. The summed E-state index contributed by atoms with van der Waals surface area (Å²) in [5.41, 5.74) is 2.02. The number of nitrogens with zero attached hydrogens (tertiary/aromatic N) is 4. The fraction of sp³-hybridized carbons (Fsp3) is 0.154. The van der Waals surface area contributed by atoms with Crippen LogP contribution in [0, 0.1) is 0 Å². The van der Waals surface area contributed by atoms with Crippen LogP contribution in [-0.4, -0.2) is 24.4 Å². The van der Waals surface area contributed by atoms with Crippen LogP contribution in [0.4, 0.5) is 11.4 Å². The van der Waals surface area contributed by atoms with Gasteiger partial charge in [0, 0.05) is 21.9 Å². The molecule has 0 aliphatic heterocycles. The highest BCUT2D eigenvalue weighted by Crippen LogP contribution is 2.50. The second kappa shape index (κ2) is 10.4. The third kappa shape index (κ3) is 4.66. The molecule has 0 aliphatic rings. The van der Waals surface area contributed by atoms with Gasteiger partial charge in [0.1, 0.15) is 22.9 Å². The lowest BCUT2D eigenvalue weighted by Gasteiger charge is -2.10. The molecule has 0 spiro atoms. The molecule has 8 nitrogen and oxygen atoms in total. The van der Waals surface area contributed by atoms with Crippen molar-refractivity contribution in [3.63, 3.8) is 0 Å². The van der Waals surface area contributed by atoms with Gasteiger partial charge in [-0.1, -0.05) is 60.7 Å². The molecule has 0 atom stereocenters. The summed E-state index contributed by atoms with van der Waals surface area (Å²) in [6.45, 7) is 0.498. The molecule has 0 amide bonds. The van der Waals surface area contributed by atoms with Crippen molar-refractivity contribution < 1.29 is 19.7 Å². The average molecular weight is 457 g/mol. The first-order chi connectivity index (χ1) is 16.6. The van der Waals surface area contributed by atoms with Crippen LogP contribution in [0.25, 0.3) is 10.8 Å². The van der Waals surface area contributed by atoms with Gasteiger partial charge in [0.25, 0.3) is 0 Å². The minimum absolute atomic E-state index is 0.159. The molecule has 0 saturated heterocycles. The topological polar surface area (TPSA) is 108 Å². The summed E-state index contributed by atoms with van der Waals surface area (Å²) < 4.78 is 10.7. The molecular weight excluding hydrogens is 432 g/mol. The maximum Gasteiger partial charge on any atom is 0.188 e. The molecule has 0 heterocycles. The van der Waals surface area contributed by atoms with Gasteiger partial charge in [-0.05, 0) is 12.1 Å². The van der Waals surface area contributed by atoms with E-state index in [2.05, 4.69) is 20.5 Å². The Morgan fingerprint density at radius 3 is 1.38 bits per heavy atom. The van der Waals surface area contributed by atoms with E-state index in [-0.39, 0.29) is 24.5 Å². The lowest BCUT2D eigenvalue weighted by molar-refractivity contribution is 0.406. The van der Waals surface area contributed by atoms with E-state index in [1.54, 1.807) is 26.4 Å². The number of aromatic hydroxyl groups is 2. The van der Waals surface area contributed by atoms with Gasteiger partial charge in [-0.15, -0.1) is 0 Å². The Hall–Kier alpha value is -4.46. The van der Waals surface area contributed by atoms with Crippen molar-refractivity contribution in [1.29, 1.82) is 0 Å². The van der Waals surface area contributed by atoms with E-state index in [1.807, 2.05) is 60.7 Å². The number of rotatable bonds is 8. The predicted octanol–water partition coefficient (Wildman–Crippen LogP) is 6.84. The SMILES string of the molecule is COc1ccccc1CN=Nc1c(O)c(O)c(N=NCc2ccccc2OC)c2ccccc12. The number of phenolic OH excluding ortho intramolecular Hbond substituents is 2. The zero-order valence-electron chi connectivity index (χ0n) is 18.8. The number of phenols is 2. The smallest absolute Gasteiger partial charge is 0.188 e. The van der Waals surface area contributed by atoms with E-state index in [0.717, 1.165) is 11.1 Å². The van der Waals surface area contributed by atoms with Crippen molar-refractivity contribution in [2.45, 2.75) is 13.1 Å².